The number of hydrogen-bond acceptors (Lipinski definition) is 6. The van der Waals surface area contributed by atoms with E-state index in [1.807, 2.05) is 74.9 Å². The topological polar surface area (TPSA) is 71.1 Å². The van der Waals surface area contributed by atoms with Crippen LogP contribution in [0.25, 0.3) is 10.6 Å². The lowest BCUT2D eigenvalue weighted by Gasteiger charge is -2.18. The summed E-state index contributed by atoms with van der Waals surface area (Å²) < 4.78 is 0. The molecule has 0 fully saturated rings. The Morgan fingerprint density at radius 2 is 1.94 bits per heavy atom. The van der Waals surface area contributed by atoms with Gasteiger partial charge in [-0.3, -0.25) is 9.59 Å². The monoisotopic (exact) mass is 473 g/mol. The Bertz CT molecular complexity index is 1020. The second kappa shape index (κ2) is 10.4. The SMILES string of the molecule is CCC(Sc1cccc(NC(=O)CC(C)(C)C)c1)C(=O)Nc1nc(-c2cccs2)cs1. The number of benzene rings is 1. The van der Waals surface area contributed by atoms with E-state index in [4.69, 9.17) is 0 Å². The number of carbonyl (C=O) groups excluding carboxylic acids is 2. The standard InChI is InChI=1S/C23H27N3O2S3/c1-5-18(21(28)26-22-25-17(14-30-22)19-10-7-11-29-19)31-16-9-6-8-15(12-16)24-20(27)13-23(2,3)4/h6-12,14,18H,5,13H2,1-4H3,(H,24,27)(H,25,26,28). The predicted molar refractivity (Wildman–Crippen MR) is 133 cm³/mol. The van der Waals surface area contributed by atoms with Crippen LogP contribution in [0.1, 0.15) is 40.5 Å². The molecule has 3 aromatic rings. The Morgan fingerprint density at radius 3 is 2.61 bits per heavy atom. The summed E-state index contributed by atoms with van der Waals surface area (Å²) in [5.41, 5.74) is 1.56. The lowest BCUT2D eigenvalue weighted by Crippen LogP contribution is -2.24. The molecule has 0 aliphatic heterocycles. The van der Waals surface area contributed by atoms with Gasteiger partial charge in [-0.2, -0.15) is 0 Å². The third kappa shape index (κ3) is 7.19. The van der Waals surface area contributed by atoms with Gasteiger partial charge in [0.05, 0.1) is 15.8 Å². The third-order valence-electron chi connectivity index (χ3n) is 4.26. The Hall–Kier alpha value is -2.16. The fourth-order valence-corrected chi connectivity index (χ4v) is 5.36. The summed E-state index contributed by atoms with van der Waals surface area (Å²) in [7, 11) is 0. The molecule has 31 heavy (non-hydrogen) atoms. The molecule has 2 amide bonds. The van der Waals surface area contributed by atoms with E-state index in [0.717, 1.165) is 21.2 Å². The van der Waals surface area contributed by atoms with Crippen molar-refractivity contribution < 1.29 is 9.59 Å². The van der Waals surface area contributed by atoms with Crippen LogP contribution < -0.4 is 10.6 Å². The van der Waals surface area contributed by atoms with Crippen molar-refractivity contribution in [2.24, 2.45) is 5.41 Å². The normalized spacial score (nSPS) is 12.4. The van der Waals surface area contributed by atoms with Crippen molar-refractivity contribution >= 4 is 57.1 Å². The molecule has 2 N–H and O–H groups in total. The van der Waals surface area contributed by atoms with Crippen molar-refractivity contribution in [3.05, 3.63) is 47.2 Å². The lowest BCUT2D eigenvalue weighted by atomic mass is 9.92. The van der Waals surface area contributed by atoms with Crippen molar-refractivity contribution in [1.29, 1.82) is 0 Å². The number of hydrogen-bond donors (Lipinski definition) is 2. The van der Waals surface area contributed by atoms with Gasteiger partial charge in [-0.1, -0.05) is 39.8 Å². The first-order valence-electron chi connectivity index (χ1n) is 10.1. The van der Waals surface area contributed by atoms with Crippen LogP contribution in [-0.2, 0) is 9.59 Å². The van der Waals surface area contributed by atoms with Crippen LogP contribution in [0.5, 0.6) is 0 Å². The molecule has 0 saturated heterocycles. The zero-order chi connectivity index (χ0) is 22.4. The van der Waals surface area contributed by atoms with Gasteiger partial charge >= 0.3 is 0 Å². The van der Waals surface area contributed by atoms with Gasteiger partial charge in [0.2, 0.25) is 11.8 Å². The first-order valence-corrected chi connectivity index (χ1v) is 12.7. The highest BCUT2D eigenvalue weighted by molar-refractivity contribution is 8.00. The summed E-state index contributed by atoms with van der Waals surface area (Å²) in [5, 5.41) is 10.2. The maximum Gasteiger partial charge on any atom is 0.239 e. The van der Waals surface area contributed by atoms with Crippen LogP contribution in [0.2, 0.25) is 0 Å². The highest BCUT2D eigenvalue weighted by Crippen LogP contribution is 2.31. The zero-order valence-electron chi connectivity index (χ0n) is 18.1. The van der Waals surface area contributed by atoms with E-state index >= 15 is 0 Å². The number of anilines is 2. The van der Waals surface area contributed by atoms with E-state index in [1.165, 1.54) is 23.1 Å². The van der Waals surface area contributed by atoms with Crippen LogP contribution in [-0.4, -0.2) is 22.0 Å². The van der Waals surface area contributed by atoms with Crippen molar-refractivity contribution in [2.45, 2.75) is 50.7 Å². The molecule has 2 aromatic heterocycles. The number of thiazole rings is 1. The number of carbonyl (C=O) groups is 2. The minimum Gasteiger partial charge on any atom is -0.326 e. The summed E-state index contributed by atoms with van der Waals surface area (Å²) in [6.45, 7) is 8.10. The molecule has 0 saturated carbocycles. The highest BCUT2D eigenvalue weighted by Gasteiger charge is 2.20. The molecule has 164 valence electrons. The Morgan fingerprint density at radius 1 is 1.13 bits per heavy atom. The molecule has 0 bridgehead atoms. The van der Waals surface area contributed by atoms with Gasteiger partial charge in [0.15, 0.2) is 5.13 Å². The molecule has 0 aliphatic rings. The van der Waals surface area contributed by atoms with Gasteiger partial charge in [0, 0.05) is 22.4 Å². The minimum absolute atomic E-state index is 0.00949. The van der Waals surface area contributed by atoms with Crippen molar-refractivity contribution in [3.8, 4) is 10.6 Å². The molecule has 1 atom stereocenters. The van der Waals surface area contributed by atoms with Gasteiger partial charge in [-0.25, -0.2) is 4.98 Å². The Kier molecular flexibility index (Phi) is 7.91. The van der Waals surface area contributed by atoms with Crippen molar-refractivity contribution in [2.75, 3.05) is 10.6 Å². The second-order valence-corrected chi connectivity index (χ2v) is 11.4. The van der Waals surface area contributed by atoms with Crippen LogP contribution in [0.3, 0.4) is 0 Å². The summed E-state index contributed by atoms with van der Waals surface area (Å²) in [6, 6.07) is 11.6. The molecule has 3 rings (SSSR count). The maximum atomic E-state index is 12.8. The van der Waals surface area contributed by atoms with Crippen LogP contribution in [0.15, 0.2) is 52.1 Å². The number of rotatable bonds is 8. The van der Waals surface area contributed by atoms with Crippen molar-refractivity contribution in [3.63, 3.8) is 0 Å². The molecule has 0 aliphatic carbocycles. The van der Waals surface area contributed by atoms with E-state index in [0.29, 0.717) is 18.0 Å². The average molecular weight is 474 g/mol. The molecule has 1 aromatic carbocycles. The molecule has 0 radical (unpaired) electrons. The first-order chi connectivity index (χ1) is 14.7. The molecule has 8 heteroatoms. The second-order valence-electron chi connectivity index (χ2n) is 8.33. The molecular weight excluding hydrogens is 446 g/mol. The Balaban J connectivity index is 1.61. The summed E-state index contributed by atoms with van der Waals surface area (Å²) in [5.74, 6) is -0.0773. The predicted octanol–water partition coefficient (Wildman–Crippen LogP) is 6.76. The van der Waals surface area contributed by atoms with Gasteiger partial charge < -0.3 is 10.6 Å². The molecule has 0 spiro atoms. The van der Waals surface area contributed by atoms with Gasteiger partial charge in [0.25, 0.3) is 0 Å². The molecule has 1 unspecified atom stereocenters. The number of amides is 2. The largest absolute Gasteiger partial charge is 0.326 e. The number of thioether (sulfide) groups is 1. The average Bonchev–Trinajstić information content (AvgIpc) is 3.36. The summed E-state index contributed by atoms with van der Waals surface area (Å²) in [6.07, 6.45) is 1.13. The first kappa shape index (κ1) is 23.5. The zero-order valence-corrected chi connectivity index (χ0v) is 20.5. The molecule has 2 heterocycles. The molecular formula is C23H27N3O2S3. The fourth-order valence-electron chi connectivity index (χ4n) is 2.88. The number of nitrogens with zero attached hydrogens (tertiary/aromatic N) is 1. The highest BCUT2D eigenvalue weighted by atomic mass is 32.2. The van der Waals surface area contributed by atoms with E-state index in [1.54, 1.807) is 11.3 Å². The van der Waals surface area contributed by atoms with E-state index < -0.39 is 0 Å². The van der Waals surface area contributed by atoms with Crippen LogP contribution in [0.4, 0.5) is 10.8 Å². The number of thiophene rings is 1. The van der Waals surface area contributed by atoms with E-state index in [2.05, 4.69) is 15.6 Å². The van der Waals surface area contributed by atoms with Gasteiger partial charge in [-0.15, -0.1) is 34.4 Å². The van der Waals surface area contributed by atoms with E-state index in [-0.39, 0.29) is 22.5 Å². The number of aromatic nitrogens is 1. The smallest absolute Gasteiger partial charge is 0.239 e. The maximum absolute atomic E-state index is 12.8. The Labute approximate surface area is 195 Å². The lowest BCUT2D eigenvalue weighted by molar-refractivity contribution is -0.118. The van der Waals surface area contributed by atoms with Crippen molar-refractivity contribution in [1.82, 2.24) is 4.98 Å². The fraction of sp³-hybridized carbons (Fsp3) is 0.348. The van der Waals surface area contributed by atoms with E-state index in [9.17, 15) is 9.59 Å². The van der Waals surface area contributed by atoms with Gasteiger partial charge in [-0.05, 0) is 41.5 Å². The summed E-state index contributed by atoms with van der Waals surface area (Å²) in [4.78, 5) is 31.6. The van der Waals surface area contributed by atoms with Crippen LogP contribution in [0, 0.1) is 5.41 Å². The van der Waals surface area contributed by atoms with Crippen LogP contribution >= 0.6 is 34.4 Å². The summed E-state index contributed by atoms with van der Waals surface area (Å²) >= 11 is 4.55. The molecule has 5 nitrogen and oxygen atoms in total. The number of nitrogens with one attached hydrogen (secondary N) is 2. The van der Waals surface area contributed by atoms with Gasteiger partial charge in [0.1, 0.15) is 0 Å². The minimum atomic E-state index is -0.255. The third-order valence-corrected chi connectivity index (χ3v) is 7.27. The quantitative estimate of drug-likeness (QED) is 0.355.